The normalized spacial score (nSPS) is 19.8. The molecule has 2 aromatic heterocycles. The maximum Gasteiger partial charge on any atom is 0.407 e. The zero-order valence-corrected chi connectivity index (χ0v) is 18.2. The zero-order chi connectivity index (χ0) is 22.1. The lowest BCUT2D eigenvalue weighted by molar-refractivity contribution is 0.0497. The maximum atomic E-state index is 13.0. The summed E-state index contributed by atoms with van der Waals surface area (Å²) >= 11 is 6.15. The van der Waals surface area contributed by atoms with Gasteiger partial charge in [-0.2, -0.15) is 13.9 Å². The Bertz CT molecular complexity index is 900. The van der Waals surface area contributed by atoms with Gasteiger partial charge in [0, 0.05) is 47.8 Å². The van der Waals surface area contributed by atoms with Gasteiger partial charge in [0.1, 0.15) is 10.8 Å². The molecule has 1 aliphatic rings. The van der Waals surface area contributed by atoms with Crippen LogP contribution in [0.4, 0.5) is 19.3 Å². The topological polar surface area (TPSA) is 72.3 Å². The molecule has 30 heavy (non-hydrogen) atoms. The molecule has 1 aliphatic heterocycles. The van der Waals surface area contributed by atoms with Crippen LogP contribution in [-0.4, -0.2) is 45.1 Å². The van der Waals surface area contributed by atoms with E-state index < -0.39 is 18.2 Å². The highest BCUT2D eigenvalue weighted by molar-refractivity contribution is 6.29. The highest BCUT2D eigenvalue weighted by Crippen LogP contribution is 2.36. The van der Waals surface area contributed by atoms with E-state index in [4.69, 9.17) is 16.3 Å². The Morgan fingerprint density at radius 2 is 2.07 bits per heavy atom. The van der Waals surface area contributed by atoms with Gasteiger partial charge in [-0.3, -0.25) is 0 Å². The second-order valence-corrected chi connectivity index (χ2v) is 8.82. The molecule has 0 spiro atoms. The highest BCUT2D eigenvalue weighted by Gasteiger charge is 2.30. The number of nitrogens with zero attached hydrogens (tertiary/aromatic N) is 4. The monoisotopic (exact) mass is 441 g/mol. The molecule has 2 atom stereocenters. The number of rotatable bonds is 4. The van der Waals surface area contributed by atoms with Crippen LogP contribution in [0.5, 0.6) is 0 Å². The van der Waals surface area contributed by atoms with Gasteiger partial charge in [-0.25, -0.2) is 14.5 Å². The molecule has 1 N–H and O–H groups in total. The third-order valence-electron chi connectivity index (χ3n) is 4.87. The van der Waals surface area contributed by atoms with Crippen LogP contribution in [0.2, 0.25) is 5.15 Å². The number of hydrogen-bond donors (Lipinski definition) is 1. The number of alkyl carbamates (subject to hydrolysis) is 1. The Balaban J connectivity index is 1.85. The number of anilines is 1. The van der Waals surface area contributed by atoms with Crippen LogP contribution in [0.3, 0.4) is 0 Å². The molecular formula is C20H26ClF2N5O2. The molecule has 1 amide bonds. The Hall–Kier alpha value is -2.42. The molecule has 0 aromatic carbocycles. The number of aromatic nitrogens is 3. The SMILES string of the molecule is C[C@@H]1CC[C@H](NC(=O)OC(C)(C)C)CN1c1cc(Cl)ncc1-c1cnn(C(F)F)c1. The fraction of sp³-hybridized carbons (Fsp3) is 0.550. The number of hydrogen-bond acceptors (Lipinski definition) is 5. The van der Waals surface area contributed by atoms with Gasteiger partial charge in [-0.05, 0) is 46.6 Å². The summed E-state index contributed by atoms with van der Waals surface area (Å²) in [6, 6.07) is 1.74. The van der Waals surface area contributed by atoms with Crippen molar-refractivity contribution in [2.45, 2.75) is 64.8 Å². The van der Waals surface area contributed by atoms with E-state index in [1.54, 1.807) is 12.3 Å². The molecule has 164 valence electrons. The first kappa shape index (κ1) is 22.3. The van der Waals surface area contributed by atoms with Gasteiger partial charge >= 0.3 is 12.6 Å². The van der Waals surface area contributed by atoms with E-state index in [0.717, 1.165) is 18.5 Å². The van der Waals surface area contributed by atoms with Crippen molar-refractivity contribution in [3.8, 4) is 11.1 Å². The summed E-state index contributed by atoms with van der Waals surface area (Å²) in [7, 11) is 0. The first-order valence-corrected chi connectivity index (χ1v) is 10.2. The second kappa shape index (κ2) is 8.75. The van der Waals surface area contributed by atoms with Gasteiger partial charge in [0.25, 0.3) is 0 Å². The quantitative estimate of drug-likeness (QED) is 0.685. The minimum absolute atomic E-state index is 0.125. The minimum Gasteiger partial charge on any atom is -0.444 e. The van der Waals surface area contributed by atoms with E-state index in [2.05, 4.69) is 27.2 Å². The molecule has 0 aliphatic carbocycles. The summed E-state index contributed by atoms with van der Waals surface area (Å²) in [6.45, 7) is 5.31. The molecule has 0 unspecified atom stereocenters. The fourth-order valence-electron chi connectivity index (χ4n) is 3.50. The van der Waals surface area contributed by atoms with Crippen molar-refractivity contribution in [3.05, 3.63) is 29.8 Å². The average Bonchev–Trinajstić information content (AvgIpc) is 3.12. The molecule has 3 rings (SSSR count). The second-order valence-electron chi connectivity index (χ2n) is 8.43. The van der Waals surface area contributed by atoms with E-state index >= 15 is 0 Å². The van der Waals surface area contributed by atoms with Crippen LogP contribution in [0.1, 0.15) is 47.1 Å². The Morgan fingerprint density at radius 1 is 1.33 bits per heavy atom. The number of alkyl halides is 2. The third-order valence-corrected chi connectivity index (χ3v) is 5.08. The molecular weight excluding hydrogens is 416 g/mol. The van der Waals surface area contributed by atoms with Crippen molar-refractivity contribution < 1.29 is 18.3 Å². The number of piperidine rings is 1. The lowest BCUT2D eigenvalue weighted by Gasteiger charge is -2.40. The van der Waals surface area contributed by atoms with Crippen molar-refractivity contribution in [3.63, 3.8) is 0 Å². The first-order valence-electron chi connectivity index (χ1n) is 9.78. The van der Waals surface area contributed by atoms with Crippen molar-refractivity contribution in [1.29, 1.82) is 0 Å². The number of amides is 1. The predicted molar refractivity (Wildman–Crippen MR) is 111 cm³/mol. The Labute approximate surface area is 179 Å². The lowest BCUT2D eigenvalue weighted by atomic mass is 9.97. The van der Waals surface area contributed by atoms with Crippen LogP contribution in [-0.2, 0) is 4.74 Å². The molecule has 1 saturated heterocycles. The standard InChI is InChI=1S/C20H26ClF2N5O2/c1-12-5-6-14(26-19(29)30-20(2,3)4)11-27(12)16-7-17(21)24-9-15(16)13-8-25-28(10-13)18(22)23/h7-10,12,14,18H,5-6,11H2,1-4H3,(H,26,29)/t12-,14+/m1/s1. The Morgan fingerprint density at radius 3 is 2.70 bits per heavy atom. The molecule has 7 nitrogen and oxygen atoms in total. The van der Waals surface area contributed by atoms with Crippen LogP contribution < -0.4 is 10.2 Å². The lowest BCUT2D eigenvalue weighted by Crippen LogP contribution is -2.52. The van der Waals surface area contributed by atoms with E-state index in [9.17, 15) is 13.6 Å². The highest BCUT2D eigenvalue weighted by atomic mass is 35.5. The van der Waals surface area contributed by atoms with Gasteiger partial charge in [0.15, 0.2) is 0 Å². The summed E-state index contributed by atoms with van der Waals surface area (Å²) in [6.07, 6.45) is 5.38. The third kappa shape index (κ3) is 5.38. The molecule has 10 heteroatoms. The minimum atomic E-state index is -2.72. The van der Waals surface area contributed by atoms with Crippen LogP contribution >= 0.6 is 11.6 Å². The van der Waals surface area contributed by atoms with Crippen LogP contribution in [0.25, 0.3) is 11.1 Å². The predicted octanol–water partition coefficient (Wildman–Crippen LogP) is 4.88. The number of nitrogens with one attached hydrogen (secondary N) is 1. The average molecular weight is 442 g/mol. The van der Waals surface area contributed by atoms with Crippen molar-refractivity contribution in [1.82, 2.24) is 20.1 Å². The summed E-state index contributed by atoms with van der Waals surface area (Å²) in [5.41, 5.74) is 1.34. The van der Waals surface area contributed by atoms with Crippen molar-refractivity contribution in [2.24, 2.45) is 0 Å². The van der Waals surface area contributed by atoms with Crippen molar-refractivity contribution >= 4 is 23.4 Å². The van der Waals surface area contributed by atoms with E-state index in [-0.39, 0.29) is 12.1 Å². The summed E-state index contributed by atoms with van der Waals surface area (Å²) in [5, 5.41) is 6.94. The van der Waals surface area contributed by atoms with Gasteiger partial charge in [0.05, 0.1) is 6.20 Å². The van der Waals surface area contributed by atoms with E-state index in [1.165, 1.54) is 12.4 Å². The number of halogens is 3. The smallest absolute Gasteiger partial charge is 0.407 e. The zero-order valence-electron chi connectivity index (χ0n) is 17.4. The Kier molecular flexibility index (Phi) is 6.50. The number of carbonyl (C=O) groups excluding carboxylic acids is 1. The van der Waals surface area contributed by atoms with Gasteiger partial charge in [0.2, 0.25) is 0 Å². The number of ether oxygens (including phenoxy) is 1. The van der Waals surface area contributed by atoms with Crippen LogP contribution in [0.15, 0.2) is 24.7 Å². The molecule has 2 aromatic rings. The van der Waals surface area contributed by atoms with E-state index in [0.29, 0.717) is 27.5 Å². The number of pyridine rings is 1. The molecule has 0 saturated carbocycles. The number of carbonyl (C=O) groups is 1. The van der Waals surface area contributed by atoms with Gasteiger partial charge in [-0.1, -0.05) is 11.6 Å². The van der Waals surface area contributed by atoms with Gasteiger partial charge < -0.3 is 15.0 Å². The molecule has 3 heterocycles. The molecule has 0 bridgehead atoms. The van der Waals surface area contributed by atoms with Crippen LogP contribution in [0, 0.1) is 0 Å². The first-order chi connectivity index (χ1) is 14.0. The van der Waals surface area contributed by atoms with E-state index in [1.807, 2.05) is 20.8 Å². The summed E-state index contributed by atoms with van der Waals surface area (Å²) in [5.74, 6) is 0. The summed E-state index contributed by atoms with van der Waals surface area (Å²) in [4.78, 5) is 18.4. The van der Waals surface area contributed by atoms with Gasteiger partial charge in [-0.15, -0.1) is 0 Å². The summed E-state index contributed by atoms with van der Waals surface area (Å²) < 4.78 is 31.9. The fourth-order valence-corrected chi connectivity index (χ4v) is 3.65. The molecule has 0 radical (unpaired) electrons. The van der Waals surface area contributed by atoms with Crippen molar-refractivity contribution in [2.75, 3.05) is 11.4 Å². The maximum absolute atomic E-state index is 13.0. The largest absolute Gasteiger partial charge is 0.444 e. The molecule has 1 fully saturated rings.